The van der Waals surface area contributed by atoms with E-state index in [1.54, 1.807) is 18.3 Å². The van der Waals surface area contributed by atoms with Crippen LogP contribution in [0.2, 0.25) is 0 Å². The maximum absolute atomic E-state index is 9.78. The molecule has 0 aliphatic rings. The number of phenolic OH excluding ortho intramolecular Hbond substituents is 1. The van der Waals surface area contributed by atoms with Crippen molar-refractivity contribution >= 4 is 0 Å². The fourth-order valence-electron chi connectivity index (χ4n) is 1.55. The molecule has 2 aromatic rings. The summed E-state index contributed by atoms with van der Waals surface area (Å²) in [5, 5.41) is 13.4. The van der Waals surface area contributed by atoms with Crippen molar-refractivity contribution in [1.82, 2.24) is 5.16 Å². The second-order valence-electron chi connectivity index (χ2n) is 4.86. The Bertz CT molecular complexity index is 481. The summed E-state index contributed by atoms with van der Waals surface area (Å²) in [4.78, 5) is 0. The molecule has 1 aromatic heterocycles. The summed E-state index contributed by atoms with van der Waals surface area (Å²) in [6.07, 6.45) is 1.57. The highest BCUT2D eigenvalue weighted by Crippen LogP contribution is 2.33. The Hall–Kier alpha value is -1.77. The van der Waals surface area contributed by atoms with Crippen molar-refractivity contribution in [2.75, 3.05) is 0 Å². The summed E-state index contributed by atoms with van der Waals surface area (Å²) in [5.41, 5.74) is 1.88. The maximum atomic E-state index is 9.78. The molecule has 16 heavy (non-hydrogen) atoms. The smallest absolute Gasteiger partial charge is 0.170 e. The van der Waals surface area contributed by atoms with Gasteiger partial charge in [-0.25, -0.2) is 0 Å². The zero-order chi connectivity index (χ0) is 11.8. The molecule has 84 valence electrons. The Labute approximate surface area is 94.7 Å². The minimum absolute atomic E-state index is 0.0441. The van der Waals surface area contributed by atoms with Crippen molar-refractivity contribution in [3.63, 3.8) is 0 Å². The predicted molar refractivity (Wildman–Crippen MR) is 62.3 cm³/mol. The first-order chi connectivity index (χ1) is 7.48. The molecule has 3 nitrogen and oxygen atoms in total. The summed E-state index contributed by atoms with van der Waals surface area (Å²) in [5.74, 6) is 0.799. The van der Waals surface area contributed by atoms with Gasteiger partial charge in [-0.05, 0) is 23.1 Å². The minimum Gasteiger partial charge on any atom is -0.507 e. The zero-order valence-corrected chi connectivity index (χ0v) is 9.69. The van der Waals surface area contributed by atoms with Crippen LogP contribution in [-0.4, -0.2) is 10.3 Å². The second kappa shape index (κ2) is 3.67. The summed E-state index contributed by atoms with van der Waals surface area (Å²) >= 11 is 0. The average molecular weight is 217 g/mol. The molecule has 0 radical (unpaired) electrons. The maximum Gasteiger partial charge on any atom is 0.170 e. The molecule has 0 atom stereocenters. The number of rotatable bonds is 1. The number of benzene rings is 1. The number of aromatic nitrogens is 1. The fourth-order valence-corrected chi connectivity index (χ4v) is 1.55. The Morgan fingerprint density at radius 2 is 1.94 bits per heavy atom. The largest absolute Gasteiger partial charge is 0.507 e. The fraction of sp³-hybridized carbons (Fsp3) is 0.308. The van der Waals surface area contributed by atoms with Gasteiger partial charge in [0.1, 0.15) is 5.75 Å². The van der Waals surface area contributed by atoms with Crippen LogP contribution in [-0.2, 0) is 5.41 Å². The van der Waals surface area contributed by atoms with Gasteiger partial charge >= 0.3 is 0 Å². The molecule has 0 unspecified atom stereocenters. The van der Waals surface area contributed by atoms with Crippen molar-refractivity contribution < 1.29 is 9.63 Å². The summed E-state index contributed by atoms with van der Waals surface area (Å²) in [6, 6.07) is 7.30. The van der Waals surface area contributed by atoms with Crippen LogP contribution in [0.3, 0.4) is 0 Å². The van der Waals surface area contributed by atoms with Gasteiger partial charge in [-0.15, -0.1) is 0 Å². The Kier molecular flexibility index (Phi) is 2.46. The van der Waals surface area contributed by atoms with Crippen molar-refractivity contribution in [3.8, 4) is 17.1 Å². The first-order valence-corrected chi connectivity index (χ1v) is 5.23. The van der Waals surface area contributed by atoms with E-state index in [-0.39, 0.29) is 11.2 Å². The quantitative estimate of drug-likeness (QED) is 0.796. The highest BCUT2D eigenvalue weighted by Gasteiger charge is 2.17. The van der Waals surface area contributed by atoms with Crippen molar-refractivity contribution in [2.24, 2.45) is 0 Å². The molecule has 0 fully saturated rings. The van der Waals surface area contributed by atoms with Gasteiger partial charge in [0.05, 0.1) is 11.8 Å². The zero-order valence-electron chi connectivity index (χ0n) is 9.69. The highest BCUT2D eigenvalue weighted by molar-refractivity contribution is 5.66. The third-order valence-electron chi connectivity index (χ3n) is 2.57. The number of phenols is 1. The van der Waals surface area contributed by atoms with E-state index in [1.807, 2.05) is 12.1 Å². The molecule has 0 saturated carbocycles. The van der Waals surface area contributed by atoms with Crippen LogP contribution in [0.25, 0.3) is 11.3 Å². The monoisotopic (exact) mass is 217 g/mol. The van der Waals surface area contributed by atoms with Gasteiger partial charge in [-0.1, -0.05) is 32.0 Å². The van der Waals surface area contributed by atoms with Crippen LogP contribution in [0, 0.1) is 0 Å². The van der Waals surface area contributed by atoms with Gasteiger partial charge in [-0.2, -0.15) is 0 Å². The number of aromatic hydroxyl groups is 1. The average Bonchev–Trinajstić information content (AvgIpc) is 2.69. The molecule has 0 aliphatic heterocycles. The van der Waals surface area contributed by atoms with E-state index in [2.05, 4.69) is 25.9 Å². The van der Waals surface area contributed by atoms with Gasteiger partial charge in [-0.3, -0.25) is 0 Å². The minimum atomic E-state index is 0.0441. The van der Waals surface area contributed by atoms with E-state index in [0.717, 1.165) is 5.56 Å². The Morgan fingerprint density at radius 1 is 1.19 bits per heavy atom. The van der Waals surface area contributed by atoms with Crippen molar-refractivity contribution in [1.29, 1.82) is 0 Å². The normalized spacial score (nSPS) is 11.7. The number of hydrogen-bond donors (Lipinski definition) is 1. The molecule has 2 rings (SSSR count). The van der Waals surface area contributed by atoms with E-state index in [0.29, 0.717) is 11.3 Å². The molecular formula is C13H15NO2. The SMILES string of the molecule is CC(C)(C)c1ccc(O)c(-c2ccno2)c1. The molecule has 1 heterocycles. The lowest BCUT2D eigenvalue weighted by molar-refractivity contribution is 0.426. The lowest BCUT2D eigenvalue weighted by Crippen LogP contribution is -2.10. The van der Waals surface area contributed by atoms with Crippen LogP contribution in [0.5, 0.6) is 5.75 Å². The van der Waals surface area contributed by atoms with Crippen molar-refractivity contribution in [2.45, 2.75) is 26.2 Å². The van der Waals surface area contributed by atoms with Crippen LogP contribution in [0.1, 0.15) is 26.3 Å². The first-order valence-electron chi connectivity index (χ1n) is 5.23. The Morgan fingerprint density at radius 3 is 2.50 bits per heavy atom. The molecule has 3 heteroatoms. The van der Waals surface area contributed by atoms with Gasteiger partial charge < -0.3 is 9.63 Å². The summed E-state index contributed by atoms with van der Waals surface area (Å²) in [6.45, 7) is 6.39. The number of hydrogen-bond acceptors (Lipinski definition) is 3. The van der Waals surface area contributed by atoms with Gasteiger partial charge in [0.2, 0.25) is 0 Å². The van der Waals surface area contributed by atoms with Crippen LogP contribution >= 0.6 is 0 Å². The van der Waals surface area contributed by atoms with E-state index in [1.165, 1.54) is 0 Å². The third-order valence-corrected chi connectivity index (χ3v) is 2.57. The standard InChI is InChI=1S/C13H15NO2/c1-13(2,3)9-4-5-11(15)10(8-9)12-6-7-14-16-12/h4-8,15H,1-3H3. The van der Waals surface area contributed by atoms with E-state index < -0.39 is 0 Å². The predicted octanol–water partition coefficient (Wildman–Crippen LogP) is 3.34. The van der Waals surface area contributed by atoms with Gasteiger partial charge in [0.15, 0.2) is 5.76 Å². The van der Waals surface area contributed by atoms with Crippen LogP contribution in [0.15, 0.2) is 35.0 Å². The van der Waals surface area contributed by atoms with Crippen LogP contribution in [0.4, 0.5) is 0 Å². The van der Waals surface area contributed by atoms with E-state index >= 15 is 0 Å². The molecule has 0 bridgehead atoms. The molecule has 1 N–H and O–H groups in total. The lowest BCUT2D eigenvalue weighted by atomic mass is 9.86. The second-order valence-corrected chi connectivity index (χ2v) is 4.86. The van der Waals surface area contributed by atoms with Crippen LogP contribution < -0.4 is 0 Å². The van der Waals surface area contributed by atoms with Gasteiger partial charge in [0, 0.05) is 6.07 Å². The molecule has 0 aliphatic carbocycles. The Balaban J connectivity index is 2.54. The van der Waals surface area contributed by atoms with E-state index in [4.69, 9.17) is 4.52 Å². The topological polar surface area (TPSA) is 46.3 Å². The molecule has 0 spiro atoms. The molecule has 0 amide bonds. The summed E-state index contributed by atoms with van der Waals surface area (Å²) < 4.78 is 5.06. The molecular weight excluding hydrogens is 202 g/mol. The lowest BCUT2D eigenvalue weighted by Gasteiger charge is -2.19. The first kappa shape index (κ1) is 10.7. The molecule has 0 saturated heterocycles. The molecule has 1 aromatic carbocycles. The van der Waals surface area contributed by atoms with Crippen molar-refractivity contribution in [3.05, 3.63) is 36.0 Å². The third kappa shape index (κ3) is 1.94. The highest BCUT2D eigenvalue weighted by atomic mass is 16.5. The van der Waals surface area contributed by atoms with Gasteiger partial charge in [0.25, 0.3) is 0 Å². The number of nitrogens with zero attached hydrogens (tertiary/aromatic N) is 1. The van der Waals surface area contributed by atoms with E-state index in [9.17, 15) is 5.11 Å². The summed E-state index contributed by atoms with van der Waals surface area (Å²) in [7, 11) is 0.